The molecule has 0 fully saturated rings. The van der Waals surface area contributed by atoms with Crippen LogP contribution in [0, 0.1) is 0 Å². The Morgan fingerprint density at radius 1 is 0.259 bits per heavy atom. The van der Waals surface area contributed by atoms with Crippen LogP contribution in [0.2, 0.25) is 0 Å². The zero-order chi connectivity index (χ0) is 58.5. The van der Waals surface area contributed by atoms with Crippen LogP contribution in [0.15, 0.2) is 109 Å². The molecule has 0 spiro atoms. The van der Waals surface area contributed by atoms with Crippen molar-refractivity contribution >= 4 is 17.9 Å². The van der Waals surface area contributed by atoms with Gasteiger partial charge < -0.3 is 14.2 Å². The summed E-state index contributed by atoms with van der Waals surface area (Å²) >= 11 is 0. The van der Waals surface area contributed by atoms with Gasteiger partial charge in [0.15, 0.2) is 6.10 Å². The maximum Gasteiger partial charge on any atom is 0.306 e. The molecule has 1 unspecified atom stereocenters. The first-order valence-corrected chi connectivity index (χ1v) is 34.4. The Morgan fingerprint density at radius 3 is 0.765 bits per heavy atom. The Bertz CT molecular complexity index is 1620. The third-order valence-corrected chi connectivity index (χ3v) is 14.8. The highest BCUT2D eigenvalue weighted by Crippen LogP contribution is 2.16. The van der Waals surface area contributed by atoms with Crippen molar-refractivity contribution in [3.05, 3.63) is 109 Å². The molecular formula is C75H128O6. The molecule has 6 nitrogen and oxygen atoms in total. The van der Waals surface area contributed by atoms with Crippen molar-refractivity contribution in [2.24, 2.45) is 0 Å². The van der Waals surface area contributed by atoms with Gasteiger partial charge in [-0.2, -0.15) is 0 Å². The molecule has 0 aromatic heterocycles. The van der Waals surface area contributed by atoms with Gasteiger partial charge in [-0.3, -0.25) is 14.4 Å². The van der Waals surface area contributed by atoms with E-state index >= 15 is 0 Å². The summed E-state index contributed by atoms with van der Waals surface area (Å²) < 4.78 is 16.9. The zero-order valence-corrected chi connectivity index (χ0v) is 53.3. The van der Waals surface area contributed by atoms with Crippen LogP contribution in [0.4, 0.5) is 0 Å². The van der Waals surface area contributed by atoms with Crippen LogP contribution in [0.3, 0.4) is 0 Å². The lowest BCUT2D eigenvalue weighted by Gasteiger charge is -2.18. The number of ether oxygens (including phenoxy) is 3. The summed E-state index contributed by atoms with van der Waals surface area (Å²) in [6.45, 7) is 6.53. The van der Waals surface area contributed by atoms with Crippen molar-refractivity contribution in [1.82, 2.24) is 0 Å². The van der Waals surface area contributed by atoms with Gasteiger partial charge in [0.25, 0.3) is 0 Å². The van der Waals surface area contributed by atoms with E-state index in [9.17, 15) is 14.4 Å². The third-order valence-electron chi connectivity index (χ3n) is 14.8. The second kappa shape index (κ2) is 68.6. The smallest absolute Gasteiger partial charge is 0.306 e. The standard InChI is InChI=1S/C75H128O6/c1-4-7-10-13-16-19-22-24-26-28-30-32-34-35-36-37-38-39-41-42-44-46-48-50-53-56-59-62-65-68-74(77)80-71-72(70-79-73(76)67-64-61-58-55-52-21-18-15-12-9-6-3)81-75(78)69-66-63-60-57-54-51-49-47-45-43-40-33-31-29-27-25-23-20-17-14-11-8-5-2/h7,10,16,19,24,26,29-32,35-36,38-39,42,44,48,50,72H,4-6,8-9,11-15,17-18,20-23,25,27-28,33-34,37,40-41,43,45-47,49,51-71H2,1-3H3/b10-7-,19-16-,26-24-,31-29-,32-30-,36-35-,39-38-,44-42-,50-48-. The summed E-state index contributed by atoms with van der Waals surface area (Å²) in [7, 11) is 0. The molecule has 0 saturated heterocycles. The number of hydrogen-bond donors (Lipinski definition) is 0. The van der Waals surface area contributed by atoms with E-state index in [4.69, 9.17) is 14.2 Å². The largest absolute Gasteiger partial charge is 0.462 e. The number of unbranched alkanes of at least 4 members (excludes halogenated alkanes) is 33. The molecule has 0 heterocycles. The zero-order valence-electron chi connectivity index (χ0n) is 53.3. The van der Waals surface area contributed by atoms with Crippen molar-refractivity contribution in [3.63, 3.8) is 0 Å². The molecule has 0 bridgehead atoms. The highest BCUT2D eigenvalue weighted by molar-refractivity contribution is 5.71. The summed E-state index contributed by atoms with van der Waals surface area (Å²) in [6.07, 6.45) is 93.9. The van der Waals surface area contributed by atoms with E-state index in [0.29, 0.717) is 19.3 Å². The van der Waals surface area contributed by atoms with Crippen LogP contribution < -0.4 is 0 Å². The predicted molar refractivity (Wildman–Crippen MR) is 353 cm³/mol. The van der Waals surface area contributed by atoms with Gasteiger partial charge >= 0.3 is 17.9 Å². The molecule has 0 amide bonds. The molecule has 0 aromatic rings. The molecule has 0 saturated carbocycles. The fraction of sp³-hybridized carbons (Fsp3) is 0.720. The van der Waals surface area contributed by atoms with Crippen molar-refractivity contribution < 1.29 is 28.6 Å². The van der Waals surface area contributed by atoms with Gasteiger partial charge in [0.05, 0.1) is 0 Å². The Kier molecular flexibility index (Phi) is 65.2. The Balaban J connectivity index is 4.32. The minimum Gasteiger partial charge on any atom is -0.462 e. The molecule has 0 radical (unpaired) electrons. The summed E-state index contributed by atoms with van der Waals surface area (Å²) in [6, 6.07) is 0. The van der Waals surface area contributed by atoms with Crippen LogP contribution >= 0.6 is 0 Å². The van der Waals surface area contributed by atoms with Gasteiger partial charge in [-0.25, -0.2) is 0 Å². The minimum atomic E-state index is -0.790. The van der Waals surface area contributed by atoms with E-state index in [-0.39, 0.29) is 31.1 Å². The molecular weight excluding hydrogens is 997 g/mol. The van der Waals surface area contributed by atoms with Crippen LogP contribution in [-0.2, 0) is 28.6 Å². The van der Waals surface area contributed by atoms with Crippen molar-refractivity contribution in [3.8, 4) is 0 Å². The predicted octanol–water partition coefficient (Wildman–Crippen LogP) is 23.8. The van der Waals surface area contributed by atoms with Crippen molar-refractivity contribution in [2.75, 3.05) is 13.2 Å². The summed E-state index contributed by atoms with van der Waals surface area (Å²) in [5.41, 5.74) is 0. The van der Waals surface area contributed by atoms with E-state index in [2.05, 4.69) is 130 Å². The fourth-order valence-electron chi connectivity index (χ4n) is 9.63. The van der Waals surface area contributed by atoms with E-state index in [0.717, 1.165) is 122 Å². The lowest BCUT2D eigenvalue weighted by molar-refractivity contribution is -0.167. The van der Waals surface area contributed by atoms with Gasteiger partial charge in [-0.15, -0.1) is 0 Å². The molecule has 464 valence electrons. The summed E-state index contributed by atoms with van der Waals surface area (Å²) in [5.74, 6) is -0.901. The monoisotopic (exact) mass is 1120 g/mol. The normalized spacial score (nSPS) is 12.8. The maximum absolute atomic E-state index is 12.9. The maximum atomic E-state index is 12.9. The number of esters is 3. The first-order chi connectivity index (χ1) is 40.0. The van der Waals surface area contributed by atoms with E-state index < -0.39 is 6.10 Å². The van der Waals surface area contributed by atoms with Gasteiger partial charge in [-0.05, 0) is 109 Å². The highest BCUT2D eigenvalue weighted by Gasteiger charge is 2.19. The number of carbonyl (C=O) groups is 3. The van der Waals surface area contributed by atoms with Gasteiger partial charge in [0.1, 0.15) is 13.2 Å². The van der Waals surface area contributed by atoms with Crippen LogP contribution in [0.1, 0.15) is 329 Å². The quantitative estimate of drug-likeness (QED) is 0.0261. The molecule has 0 aromatic carbocycles. The Hall–Kier alpha value is -3.93. The summed E-state index contributed by atoms with van der Waals surface area (Å²) in [4.78, 5) is 38.3. The lowest BCUT2D eigenvalue weighted by atomic mass is 10.0. The molecule has 6 heteroatoms. The first-order valence-electron chi connectivity index (χ1n) is 34.4. The lowest BCUT2D eigenvalue weighted by Crippen LogP contribution is -2.30. The topological polar surface area (TPSA) is 78.9 Å². The van der Waals surface area contributed by atoms with Crippen LogP contribution in [0.25, 0.3) is 0 Å². The van der Waals surface area contributed by atoms with E-state index in [1.807, 2.05) is 0 Å². The Morgan fingerprint density at radius 2 is 0.481 bits per heavy atom. The molecule has 0 aliphatic rings. The average Bonchev–Trinajstić information content (AvgIpc) is 3.47. The Labute approximate surface area is 501 Å². The van der Waals surface area contributed by atoms with E-state index in [1.54, 1.807) is 0 Å². The number of allylic oxidation sites excluding steroid dienone is 18. The van der Waals surface area contributed by atoms with Gasteiger partial charge in [0.2, 0.25) is 0 Å². The number of rotatable bonds is 62. The minimum absolute atomic E-state index is 0.0842. The third kappa shape index (κ3) is 66.8. The first kappa shape index (κ1) is 77.1. The number of hydrogen-bond acceptors (Lipinski definition) is 6. The number of carbonyl (C=O) groups excluding carboxylic acids is 3. The fourth-order valence-corrected chi connectivity index (χ4v) is 9.63. The van der Waals surface area contributed by atoms with E-state index in [1.165, 1.54) is 167 Å². The SMILES string of the molecule is CC/C=C\C/C=C\C/C=C\C/C=C\C/C=C\C/C=C\C/C=C\C/C=C\CCCCCCC(=O)OCC(COC(=O)CCCCCCCCCCCCC)OC(=O)CCCCCCCCCCCCC/C=C\CCCCCCCCCC. The molecule has 0 N–H and O–H groups in total. The molecule has 81 heavy (non-hydrogen) atoms. The molecule has 0 rings (SSSR count). The second-order valence-electron chi connectivity index (χ2n) is 22.7. The molecule has 0 aliphatic heterocycles. The van der Waals surface area contributed by atoms with Crippen molar-refractivity contribution in [2.45, 2.75) is 335 Å². The molecule has 1 atom stereocenters. The van der Waals surface area contributed by atoms with Crippen molar-refractivity contribution in [1.29, 1.82) is 0 Å². The van der Waals surface area contributed by atoms with Gasteiger partial charge in [0, 0.05) is 19.3 Å². The second-order valence-corrected chi connectivity index (χ2v) is 22.7. The van der Waals surface area contributed by atoms with Gasteiger partial charge in [-0.1, -0.05) is 310 Å². The summed E-state index contributed by atoms with van der Waals surface area (Å²) in [5, 5.41) is 0. The highest BCUT2D eigenvalue weighted by atomic mass is 16.6. The molecule has 0 aliphatic carbocycles. The van der Waals surface area contributed by atoms with Crippen LogP contribution in [-0.4, -0.2) is 37.2 Å². The van der Waals surface area contributed by atoms with Crippen LogP contribution in [0.5, 0.6) is 0 Å². The average molecular weight is 1130 g/mol.